The first-order valence-corrected chi connectivity index (χ1v) is 12.2. The fourth-order valence-corrected chi connectivity index (χ4v) is 4.91. The minimum atomic E-state index is -0.172. The molecule has 1 amide bonds. The van der Waals surface area contributed by atoms with Gasteiger partial charge in [-0.2, -0.15) is 0 Å². The molecule has 1 heterocycles. The van der Waals surface area contributed by atoms with Gasteiger partial charge in [0.2, 0.25) is 0 Å². The summed E-state index contributed by atoms with van der Waals surface area (Å²) in [5.41, 5.74) is 2.52. The molecule has 0 N–H and O–H groups in total. The van der Waals surface area contributed by atoms with Crippen molar-refractivity contribution < 1.29 is 14.3 Å². The second-order valence-electron chi connectivity index (χ2n) is 7.33. The lowest BCUT2D eigenvalue weighted by Crippen LogP contribution is -2.27. The van der Waals surface area contributed by atoms with Crippen molar-refractivity contribution in [2.75, 3.05) is 18.1 Å². The third kappa shape index (κ3) is 5.70. The number of ether oxygens (including phenoxy) is 2. The van der Waals surface area contributed by atoms with Crippen molar-refractivity contribution in [3.8, 4) is 11.5 Å². The van der Waals surface area contributed by atoms with E-state index in [1.54, 1.807) is 24.3 Å². The lowest BCUT2D eigenvalue weighted by atomic mass is 10.1. The standard InChI is InChI=1S/C27H22ClNO3S2/c1-2-8-19-9-6-7-12-23(19)31-15-16-32-24-14-13-21(28)17-20(24)18-25-26(30)29(27(33)34-25)22-10-4-3-5-11-22/h2-7,9-14,17-18H,1,8,15-16H2. The third-order valence-corrected chi connectivity index (χ3v) is 6.54. The summed E-state index contributed by atoms with van der Waals surface area (Å²) < 4.78 is 12.4. The van der Waals surface area contributed by atoms with Crippen LogP contribution in [-0.4, -0.2) is 23.4 Å². The molecule has 0 unspecified atom stereocenters. The lowest BCUT2D eigenvalue weighted by Gasteiger charge is -2.14. The van der Waals surface area contributed by atoms with Gasteiger partial charge in [0, 0.05) is 10.6 Å². The molecule has 3 aromatic rings. The first-order valence-electron chi connectivity index (χ1n) is 10.6. The Balaban J connectivity index is 1.46. The summed E-state index contributed by atoms with van der Waals surface area (Å²) in [5, 5.41) is 0.548. The Morgan fingerprint density at radius 1 is 0.971 bits per heavy atom. The molecule has 0 aromatic heterocycles. The zero-order valence-electron chi connectivity index (χ0n) is 18.3. The van der Waals surface area contributed by atoms with Gasteiger partial charge in [-0.25, -0.2) is 0 Å². The number of carbonyl (C=O) groups is 1. The van der Waals surface area contributed by atoms with E-state index in [9.17, 15) is 4.79 Å². The van der Waals surface area contributed by atoms with Crippen LogP contribution >= 0.6 is 35.6 Å². The Kier molecular flexibility index (Phi) is 8.06. The van der Waals surface area contributed by atoms with Gasteiger partial charge < -0.3 is 9.47 Å². The second kappa shape index (κ2) is 11.4. The van der Waals surface area contributed by atoms with E-state index in [4.69, 9.17) is 33.3 Å². The van der Waals surface area contributed by atoms with Crippen LogP contribution in [0, 0.1) is 0 Å². The van der Waals surface area contributed by atoms with Gasteiger partial charge in [-0.1, -0.05) is 78.1 Å². The lowest BCUT2D eigenvalue weighted by molar-refractivity contribution is -0.113. The molecule has 0 saturated carbocycles. The average Bonchev–Trinajstić information content (AvgIpc) is 3.12. The monoisotopic (exact) mass is 507 g/mol. The molecule has 34 heavy (non-hydrogen) atoms. The molecule has 172 valence electrons. The molecule has 0 bridgehead atoms. The molecule has 1 aliphatic rings. The number of benzene rings is 3. The van der Waals surface area contributed by atoms with Crippen LogP contribution in [0.15, 0.2) is 90.4 Å². The summed E-state index contributed by atoms with van der Waals surface area (Å²) in [6, 6.07) is 22.5. The van der Waals surface area contributed by atoms with E-state index < -0.39 is 0 Å². The fourth-order valence-electron chi connectivity index (χ4n) is 3.44. The summed E-state index contributed by atoms with van der Waals surface area (Å²) >= 11 is 13.0. The zero-order valence-corrected chi connectivity index (χ0v) is 20.7. The van der Waals surface area contributed by atoms with Crippen molar-refractivity contribution in [3.63, 3.8) is 0 Å². The van der Waals surface area contributed by atoms with E-state index in [0.717, 1.165) is 23.4 Å². The minimum absolute atomic E-state index is 0.172. The van der Waals surface area contributed by atoms with Crippen LogP contribution in [0.1, 0.15) is 11.1 Å². The highest BCUT2D eigenvalue weighted by molar-refractivity contribution is 8.27. The molecule has 4 nitrogen and oxygen atoms in total. The maximum absolute atomic E-state index is 13.1. The van der Waals surface area contributed by atoms with Crippen LogP contribution < -0.4 is 14.4 Å². The van der Waals surface area contributed by atoms with Gasteiger partial charge in [0.05, 0.1) is 10.6 Å². The predicted molar refractivity (Wildman–Crippen MR) is 145 cm³/mol. The number of anilines is 1. The first-order chi connectivity index (χ1) is 16.6. The summed E-state index contributed by atoms with van der Waals surface area (Å²) in [6.07, 6.45) is 4.35. The number of para-hydroxylation sites is 2. The SMILES string of the molecule is C=CCc1ccccc1OCCOc1ccc(Cl)cc1C=C1SC(=S)N(c2ccccc2)C1=O. The third-order valence-electron chi connectivity index (χ3n) is 5.00. The number of thiocarbonyl (C=S) groups is 1. The molecular weight excluding hydrogens is 486 g/mol. The maximum atomic E-state index is 13.1. The quantitative estimate of drug-likeness (QED) is 0.136. The van der Waals surface area contributed by atoms with Gasteiger partial charge in [-0.3, -0.25) is 9.69 Å². The van der Waals surface area contributed by atoms with Crippen LogP contribution in [-0.2, 0) is 11.2 Å². The second-order valence-corrected chi connectivity index (χ2v) is 9.44. The molecule has 1 fully saturated rings. The molecule has 0 atom stereocenters. The van der Waals surface area contributed by atoms with Crippen molar-refractivity contribution in [3.05, 3.63) is 107 Å². The van der Waals surface area contributed by atoms with E-state index in [1.807, 2.05) is 60.7 Å². The summed E-state index contributed by atoms with van der Waals surface area (Å²) in [4.78, 5) is 15.1. The highest BCUT2D eigenvalue weighted by Gasteiger charge is 2.33. The Bertz CT molecular complexity index is 1240. The van der Waals surface area contributed by atoms with Crippen LogP contribution in [0.3, 0.4) is 0 Å². The number of amides is 1. The smallest absolute Gasteiger partial charge is 0.270 e. The predicted octanol–water partition coefficient (Wildman–Crippen LogP) is 6.93. The van der Waals surface area contributed by atoms with Gasteiger partial charge >= 0.3 is 0 Å². The number of thioether (sulfide) groups is 1. The van der Waals surface area contributed by atoms with E-state index >= 15 is 0 Å². The van der Waals surface area contributed by atoms with Gasteiger partial charge in [0.1, 0.15) is 24.7 Å². The topological polar surface area (TPSA) is 38.8 Å². The maximum Gasteiger partial charge on any atom is 0.270 e. The average molecular weight is 508 g/mol. The highest BCUT2D eigenvalue weighted by Crippen LogP contribution is 2.37. The number of hydrogen-bond acceptors (Lipinski definition) is 5. The molecule has 4 rings (SSSR count). The largest absolute Gasteiger partial charge is 0.490 e. The van der Waals surface area contributed by atoms with Crippen molar-refractivity contribution in [1.82, 2.24) is 0 Å². The summed E-state index contributed by atoms with van der Waals surface area (Å²) in [7, 11) is 0. The highest BCUT2D eigenvalue weighted by atomic mass is 35.5. The molecule has 0 aliphatic carbocycles. The Labute approximate surface area is 213 Å². The fraction of sp³-hybridized carbons (Fsp3) is 0.111. The molecule has 0 radical (unpaired) electrons. The van der Waals surface area contributed by atoms with E-state index in [0.29, 0.717) is 38.8 Å². The normalized spacial score (nSPS) is 14.5. The van der Waals surface area contributed by atoms with E-state index in [-0.39, 0.29) is 5.91 Å². The summed E-state index contributed by atoms with van der Waals surface area (Å²) in [6.45, 7) is 4.49. The molecule has 0 spiro atoms. The van der Waals surface area contributed by atoms with Gasteiger partial charge in [0.15, 0.2) is 4.32 Å². The van der Waals surface area contributed by atoms with Crippen molar-refractivity contribution >= 4 is 57.6 Å². The zero-order chi connectivity index (χ0) is 23.9. The van der Waals surface area contributed by atoms with Crippen LogP contribution in [0.4, 0.5) is 5.69 Å². The van der Waals surface area contributed by atoms with E-state index in [1.165, 1.54) is 16.7 Å². The molecule has 7 heteroatoms. The van der Waals surface area contributed by atoms with E-state index in [2.05, 4.69) is 6.58 Å². The van der Waals surface area contributed by atoms with Crippen LogP contribution in [0.25, 0.3) is 6.08 Å². The molecule has 1 aliphatic heterocycles. The number of carbonyl (C=O) groups excluding carboxylic acids is 1. The van der Waals surface area contributed by atoms with Gasteiger partial charge in [0.25, 0.3) is 5.91 Å². The molecular formula is C27H22ClNO3S2. The summed E-state index contributed by atoms with van der Waals surface area (Å²) in [5.74, 6) is 1.25. The van der Waals surface area contributed by atoms with Crippen LogP contribution in [0.5, 0.6) is 11.5 Å². The van der Waals surface area contributed by atoms with Crippen LogP contribution in [0.2, 0.25) is 5.02 Å². The minimum Gasteiger partial charge on any atom is -0.490 e. The van der Waals surface area contributed by atoms with Gasteiger partial charge in [-0.15, -0.1) is 6.58 Å². The van der Waals surface area contributed by atoms with Gasteiger partial charge in [-0.05, 0) is 54.5 Å². The van der Waals surface area contributed by atoms with Crippen molar-refractivity contribution in [2.45, 2.75) is 6.42 Å². The first kappa shape index (κ1) is 24.1. The number of nitrogens with zero attached hydrogens (tertiary/aromatic N) is 1. The number of halogens is 1. The molecule has 1 saturated heterocycles. The van der Waals surface area contributed by atoms with Crippen molar-refractivity contribution in [2.24, 2.45) is 0 Å². The Hall–Kier alpha value is -3.06. The number of allylic oxidation sites excluding steroid dienone is 1. The molecule has 3 aromatic carbocycles. The van der Waals surface area contributed by atoms with Crippen molar-refractivity contribution in [1.29, 1.82) is 0 Å². The Morgan fingerprint density at radius 3 is 2.44 bits per heavy atom. The number of hydrogen-bond donors (Lipinski definition) is 0. The number of rotatable bonds is 9. The Morgan fingerprint density at radius 2 is 1.68 bits per heavy atom.